The number of hydrogen-bond donors (Lipinski definition) is 1. The molecule has 3 aromatic heterocycles. The van der Waals surface area contributed by atoms with E-state index in [0.717, 1.165) is 22.5 Å². The molecule has 28 heavy (non-hydrogen) atoms. The molecule has 0 amide bonds. The number of benzene rings is 1. The molecule has 1 atom stereocenters. The van der Waals surface area contributed by atoms with Gasteiger partial charge in [0.05, 0.1) is 21.1 Å². The monoisotopic (exact) mass is 393 g/mol. The van der Waals surface area contributed by atoms with Crippen LogP contribution in [0.4, 0.5) is 5.82 Å². The van der Waals surface area contributed by atoms with Gasteiger partial charge in [-0.15, -0.1) is 11.3 Å². The molecule has 1 aliphatic carbocycles. The fourth-order valence-corrected chi connectivity index (χ4v) is 4.37. The zero-order chi connectivity index (χ0) is 19.5. The summed E-state index contributed by atoms with van der Waals surface area (Å²) < 4.78 is 3.50. The van der Waals surface area contributed by atoms with Crippen LogP contribution in [0.3, 0.4) is 0 Å². The van der Waals surface area contributed by atoms with Gasteiger partial charge in [0.2, 0.25) is 0 Å². The van der Waals surface area contributed by atoms with Crippen LogP contribution in [-0.4, -0.2) is 19.5 Å². The van der Waals surface area contributed by atoms with E-state index in [2.05, 4.69) is 57.8 Å². The Balaban J connectivity index is 0.000000162. The second-order valence-electron chi connectivity index (χ2n) is 7.77. The maximum atomic E-state index is 5.86. The van der Waals surface area contributed by atoms with E-state index in [1.165, 1.54) is 42.4 Å². The number of hydrogen-bond acceptors (Lipinski definition) is 5. The summed E-state index contributed by atoms with van der Waals surface area (Å²) in [7, 11) is 0. The van der Waals surface area contributed by atoms with Gasteiger partial charge in [-0.25, -0.2) is 15.0 Å². The van der Waals surface area contributed by atoms with Crippen LogP contribution < -0.4 is 5.73 Å². The molecule has 0 spiro atoms. The smallest absolute Gasteiger partial charge is 0.145 e. The van der Waals surface area contributed by atoms with E-state index in [9.17, 15) is 0 Å². The quantitative estimate of drug-likeness (QED) is 0.478. The van der Waals surface area contributed by atoms with Crippen LogP contribution in [0.1, 0.15) is 50.6 Å². The molecule has 2 N–H and O–H groups in total. The topological polar surface area (TPSA) is 69.6 Å². The van der Waals surface area contributed by atoms with Gasteiger partial charge in [0.1, 0.15) is 17.8 Å². The largest absolute Gasteiger partial charge is 0.383 e. The number of fused-ring (bicyclic) bond motifs is 2. The highest BCUT2D eigenvalue weighted by molar-refractivity contribution is 7.16. The minimum atomic E-state index is 0.484. The number of aromatic nitrogens is 4. The summed E-state index contributed by atoms with van der Waals surface area (Å²) in [5.74, 6) is 1.54. The van der Waals surface area contributed by atoms with E-state index < -0.39 is 0 Å². The van der Waals surface area contributed by atoms with Gasteiger partial charge in [-0.2, -0.15) is 0 Å². The van der Waals surface area contributed by atoms with Crippen molar-refractivity contribution >= 4 is 38.4 Å². The lowest BCUT2D eigenvalue weighted by Crippen LogP contribution is -2.13. The molecule has 4 aromatic rings. The van der Waals surface area contributed by atoms with Gasteiger partial charge in [0.15, 0.2) is 0 Å². The van der Waals surface area contributed by atoms with Crippen molar-refractivity contribution in [2.24, 2.45) is 5.92 Å². The molecule has 5 nitrogen and oxygen atoms in total. The van der Waals surface area contributed by atoms with Crippen LogP contribution in [0, 0.1) is 12.8 Å². The predicted octanol–water partition coefficient (Wildman–Crippen LogP) is 5.76. The SMILES string of the molecule is CC(CCC1CCC1)n1ccc2c(N)ncnc21.Cc1ccc2scnc2c1. The molecule has 1 saturated carbocycles. The molecule has 1 unspecified atom stereocenters. The summed E-state index contributed by atoms with van der Waals surface area (Å²) in [4.78, 5) is 12.6. The molecular formula is C22H27N5S. The minimum absolute atomic E-state index is 0.484. The highest BCUT2D eigenvalue weighted by Crippen LogP contribution is 2.33. The van der Waals surface area contributed by atoms with Crippen molar-refractivity contribution < 1.29 is 0 Å². The van der Waals surface area contributed by atoms with Crippen LogP contribution in [0.5, 0.6) is 0 Å². The Morgan fingerprint density at radius 3 is 2.86 bits per heavy atom. The summed E-state index contributed by atoms with van der Waals surface area (Å²) in [6.07, 6.45) is 10.5. The molecule has 1 aliphatic rings. The highest BCUT2D eigenvalue weighted by Gasteiger charge is 2.19. The molecule has 1 fully saturated rings. The minimum Gasteiger partial charge on any atom is -0.383 e. The van der Waals surface area contributed by atoms with Gasteiger partial charge in [-0.1, -0.05) is 25.3 Å². The number of thiazole rings is 1. The van der Waals surface area contributed by atoms with Crippen LogP contribution >= 0.6 is 11.3 Å². The van der Waals surface area contributed by atoms with Crippen molar-refractivity contribution in [1.29, 1.82) is 0 Å². The third kappa shape index (κ3) is 4.02. The summed E-state index contributed by atoms with van der Waals surface area (Å²) in [5.41, 5.74) is 11.1. The number of anilines is 1. The lowest BCUT2D eigenvalue weighted by molar-refractivity contribution is 0.274. The summed E-state index contributed by atoms with van der Waals surface area (Å²) >= 11 is 1.68. The van der Waals surface area contributed by atoms with E-state index in [1.807, 2.05) is 11.6 Å². The maximum Gasteiger partial charge on any atom is 0.145 e. The van der Waals surface area contributed by atoms with Crippen molar-refractivity contribution in [1.82, 2.24) is 19.5 Å². The molecule has 1 aromatic carbocycles. The van der Waals surface area contributed by atoms with Gasteiger partial charge in [0, 0.05) is 12.2 Å². The summed E-state index contributed by atoms with van der Waals surface area (Å²) in [6, 6.07) is 8.83. The van der Waals surface area contributed by atoms with E-state index in [1.54, 1.807) is 17.7 Å². The lowest BCUT2D eigenvalue weighted by Gasteiger charge is -2.26. The van der Waals surface area contributed by atoms with Gasteiger partial charge in [-0.05, 0) is 56.4 Å². The van der Waals surface area contributed by atoms with E-state index in [0.29, 0.717) is 11.9 Å². The molecule has 0 saturated heterocycles. The van der Waals surface area contributed by atoms with Crippen LogP contribution in [0.25, 0.3) is 21.3 Å². The van der Waals surface area contributed by atoms with Crippen molar-refractivity contribution in [3.63, 3.8) is 0 Å². The second kappa shape index (κ2) is 8.27. The zero-order valence-corrected chi connectivity index (χ0v) is 17.3. The highest BCUT2D eigenvalue weighted by atomic mass is 32.1. The molecular weight excluding hydrogens is 366 g/mol. The summed E-state index contributed by atoms with van der Waals surface area (Å²) in [5, 5.41) is 0.966. The molecule has 0 aliphatic heterocycles. The third-order valence-corrected chi connectivity index (χ3v) is 6.53. The van der Waals surface area contributed by atoms with Crippen LogP contribution in [-0.2, 0) is 0 Å². The number of aryl methyl sites for hydroxylation is 1. The van der Waals surface area contributed by atoms with Crippen molar-refractivity contribution in [3.05, 3.63) is 47.9 Å². The fraction of sp³-hybridized carbons (Fsp3) is 0.409. The first-order chi connectivity index (χ1) is 13.6. The fourth-order valence-electron chi connectivity index (χ4n) is 3.71. The van der Waals surface area contributed by atoms with Gasteiger partial charge >= 0.3 is 0 Å². The average Bonchev–Trinajstić information content (AvgIpc) is 3.27. The standard InChI is InChI=1S/C14H20N4.C8H7NS/c1-10(5-6-11-3-2-4-11)18-8-7-12-13(15)16-9-17-14(12)18;1-6-2-3-8-7(4-6)9-5-10-8/h7-11H,2-6H2,1H3,(H2,15,16,17);2-5H,1H3. The van der Waals surface area contributed by atoms with E-state index in [-0.39, 0.29) is 0 Å². The first-order valence-electron chi connectivity index (χ1n) is 9.98. The molecule has 0 bridgehead atoms. The van der Waals surface area contributed by atoms with E-state index >= 15 is 0 Å². The van der Waals surface area contributed by atoms with Gasteiger partial charge < -0.3 is 10.3 Å². The number of nitrogens with two attached hydrogens (primary N) is 1. The number of nitrogens with zero attached hydrogens (tertiary/aromatic N) is 4. The van der Waals surface area contributed by atoms with Gasteiger partial charge in [-0.3, -0.25) is 0 Å². The van der Waals surface area contributed by atoms with Gasteiger partial charge in [0.25, 0.3) is 0 Å². The Bertz CT molecular complexity index is 1060. The number of nitrogen functional groups attached to an aromatic ring is 1. The lowest BCUT2D eigenvalue weighted by atomic mass is 9.81. The van der Waals surface area contributed by atoms with E-state index in [4.69, 9.17) is 5.73 Å². The Hall–Kier alpha value is -2.47. The molecule has 6 heteroatoms. The Labute approximate surface area is 169 Å². The van der Waals surface area contributed by atoms with Crippen molar-refractivity contribution in [2.75, 3.05) is 5.73 Å². The molecule has 3 heterocycles. The molecule has 0 radical (unpaired) electrons. The van der Waals surface area contributed by atoms with Crippen molar-refractivity contribution in [3.8, 4) is 0 Å². The Kier molecular flexibility index (Phi) is 5.57. The molecule has 5 rings (SSSR count). The normalized spacial score (nSPS) is 15.2. The van der Waals surface area contributed by atoms with Crippen LogP contribution in [0.2, 0.25) is 0 Å². The van der Waals surface area contributed by atoms with Crippen molar-refractivity contribution in [2.45, 2.75) is 52.0 Å². The second-order valence-corrected chi connectivity index (χ2v) is 8.65. The summed E-state index contributed by atoms with van der Waals surface area (Å²) in [6.45, 7) is 4.34. The predicted molar refractivity (Wildman–Crippen MR) is 118 cm³/mol. The van der Waals surface area contributed by atoms with Crippen LogP contribution in [0.15, 0.2) is 42.3 Å². The Morgan fingerprint density at radius 2 is 2.07 bits per heavy atom. The maximum absolute atomic E-state index is 5.86. The third-order valence-electron chi connectivity index (χ3n) is 5.72. The zero-order valence-electron chi connectivity index (χ0n) is 16.5. The number of rotatable bonds is 4. The Morgan fingerprint density at radius 1 is 1.21 bits per heavy atom. The first kappa shape index (κ1) is 18.9. The molecule has 146 valence electrons. The first-order valence-corrected chi connectivity index (χ1v) is 10.9. The average molecular weight is 394 g/mol.